The summed E-state index contributed by atoms with van der Waals surface area (Å²) in [6.07, 6.45) is 3.18. The molecule has 6 rings (SSSR count). The van der Waals surface area contributed by atoms with Gasteiger partial charge in [0.05, 0.1) is 16.6 Å². The van der Waals surface area contributed by atoms with E-state index >= 15 is 0 Å². The Morgan fingerprint density at radius 2 is 2.00 bits per heavy atom. The molecule has 8 heteroatoms. The Hall–Kier alpha value is -4.04. The van der Waals surface area contributed by atoms with Crippen molar-refractivity contribution in [1.29, 1.82) is 0 Å². The van der Waals surface area contributed by atoms with Crippen molar-refractivity contribution in [2.75, 3.05) is 16.3 Å². The molecule has 7 nitrogen and oxygen atoms in total. The molecule has 2 aliphatic heterocycles. The Morgan fingerprint density at radius 1 is 1.18 bits per heavy atom. The standard InChI is InChI=1S/C25H17N3O4S/c1-3-11-27-17-7-5-4-6-16(17)25(23(27)31)19-20(29)15-13-14(2)8-9-18(15)32-21(19)22(30)28(25)24-26-10-12-33-24/h3-10,12-13H,1,11H2,2H3. The first-order valence-electron chi connectivity index (χ1n) is 10.3. The van der Waals surface area contributed by atoms with Crippen LogP contribution in [0.2, 0.25) is 0 Å². The zero-order valence-electron chi connectivity index (χ0n) is 17.6. The highest BCUT2D eigenvalue weighted by molar-refractivity contribution is 7.13. The summed E-state index contributed by atoms with van der Waals surface area (Å²) in [5, 5.41) is 2.37. The van der Waals surface area contributed by atoms with Crippen molar-refractivity contribution in [3.8, 4) is 0 Å². The fraction of sp³-hybridized carbons (Fsp3) is 0.120. The average Bonchev–Trinajstić information content (AvgIpc) is 3.48. The molecule has 33 heavy (non-hydrogen) atoms. The smallest absolute Gasteiger partial charge is 0.297 e. The molecule has 0 aliphatic carbocycles. The third kappa shape index (κ3) is 2.33. The lowest BCUT2D eigenvalue weighted by molar-refractivity contribution is -0.121. The molecule has 0 saturated heterocycles. The van der Waals surface area contributed by atoms with Gasteiger partial charge in [0, 0.05) is 23.7 Å². The number of carbonyl (C=O) groups is 2. The van der Waals surface area contributed by atoms with E-state index in [1.54, 1.807) is 52.9 Å². The van der Waals surface area contributed by atoms with Crippen molar-refractivity contribution in [2.24, 2.45) is 0 Å². The average molecular weight is 455 g/mol. The molecule has 4 aromatic rings. The number of nitrogens with zero attached hydrogens (tertiary/aromatic N) is 3. The van der Waals surface area contributed by atoms with Crippen LogP contribution in [0.25, 0.3) is 11.0 Å². The van der Waals surface area contributed by atoms with Gasteiger partial charge in [0.2, 0.25) is 5.76 Å². The second-order valence-corrected chi connectivity index (χ2v) is 8.90. The van der Waals surface area contributed by atoms with Gasteiger partial charge in [-0.1, -0.05) is 35.9 Å². The monoisotopic (exact) mass is 455 g/mol. The summed E-state index contributed by atoms with van der Waals surface area (Å²) in [5.74, 6) is -1.11. The second-order valence-electron chi connectivity index (χ2n) is 8.02. The minimum atomic E-state index is -1.71. The van der Waals surface area contributed by atoms with Crippen LogP contribution in [0.1, 0.15) is 27.2 Å². The molecule has 0 bridgehead atoms. The van der Waals surface area contributed by atoms with Crippen LogP contribution in [-0.2, 0) is 10.3 Å². The van der Waals surface area contributed by atoms with Crippen molar-refractivity contribution in [3.05, 3.63) is 99.4 Å². The van der Waals surface area contributed by atoms with Gasteiger partial charge in [-0.05, 0) is 25.1 Å². The van der Waals surface area contributed by atoms with Crippen LogP contribution < -0.4 is 15.2 Å². The van der Waals surface area contributed by atoms with Crippen molar-refractivity contribution in [1.82, 2.24) is 4.98 Å². The van der Waals surface area contributed by atoms with Crippen LogP contribution in [0.5, 0.6) is 0 Å². The van der Waals surface area contributed by atoms with Gasteiger partial charge in [-0.3, -0.25) is 19.3 Å². The van der Waals surface area contributed by atoms with Crippen molar-refractivity contribution in [2.45, 2.75) is 12.5 Å². The molecule has 0 radical (unpaired) electrons. The molecule has 0 fully saturated rings. The minimum Gasteiger partial charge on any atom is -0.450 e. The van der Waals surface area contributed by atoms with E-state index < -0.39 is 22.8 Å². The molecule has 1 unspecified atom stereocenters. The van der Waals surface area contributed by atoms with Gasteiger partial charge in [-0.15, -0.1) is 17.9 Å². The van der Waals surface area contributed by atoms with Crippen LogP contribution in [0.15, 0.2) is 75.9 Å². The van der Waals surface area contributed by atoms with Crippen molar-refractivity contribution in [3.63, 3.8) is 0 Å². The Bertz CT molecular complexity index is 1560. The summed E-state index contributed by atoms with van der Waals surface area (Å²) < 4.78 is 6.02. The van der Waals surface area contributed by atoms with E-state index in [0.717, 1.165) is 5.56 Å². The number of para-hydroxylation sites is 1. The maximum Gasteiger partial charge on any atom is 0.297 e. The summed E-state index contributed by atoms with van der Waals surface area (Å²) in [6, 6.07) is 12.4. The highest BCUT2D eigenvalue weighted by Crippen LogP contribution is 2.54. The number of aryl methyl sites for hydroxylation is 1. The Balaban J connectivity index is 1.80. The minimum absolute atomic E-state index is 0.0322. The fourth-order valence-corrected chi connectivity index (χ4v) is 5.60. The van der Waals surface area contributed by atoms with E-state index in [1.807, 2.05) is 19.1 Å². The van der Waals surface area contributed by atoms with Crippen LogP contribution in [0.4, 0.5) is 10.8 Å². The molecule has 1 atom stereocenters. The number of carbonyl (C=O) groups excluding carboxylic acids is 2. The van der Waals surface area contributed by atoms with E-state index in [4.69, 9.17) is 4.42 Å². The van der Waals surface area contributed by atoms with E-state index in [0.29, 0.717) is 27.4 Å². The van der Waals surface area contributed by atoms with Crippen molar-refractivity contribution >= 4 is 44.9 Å². The van der Waals surface area contributed by atoms with E-state index in [1.165, 1.54) is 16.2 Å². The van der Waals surface area contributed by atoms with Crippen molar-refractivity contribution < 1.29 is 14.0 Å². The topological polar surface area (TPSA) is 83.7 Å². The van der Waals surface area contributed by atoms with Gasteiger partial charge < -0.3 is 9.32 Å². The van der Waals surface area contributed by atoms with E-state index in [-0.39, 0.29) is 17.9 Å². The number of hydrogen-bond acceptors (Lipinski definition) is 6. The highest BCUT2D eigenvalue weighted by Gasteiger charge is 2.66. The zero-order chi connectivity index (χ0) is 22.9. The third-order valence-electron chi connectivity index (χ3n) is 6.20. The van der Waals surface area contributed by atoms with Gasteiger partial charge in [0.1, 0.15) is 5.58 Å². The van der Waals surface area contributed by atoms with E-state index in [2.05, 4.69) is 11.6 Å². The van der Waals surface area contributed by atoms with Gasteiger partial charge in [-0.2, -0.15) is 0 Å². The van der Waals surface area contributed by atoms with Crippen LogP contribution in [-0.4, -0.2) is 23.3 Å². The molecule has 0 saturated carbocycles. The molecule has 2 amide bonds. The number of fused-ring (bicyclic) bond motifs is 5. The predicted octanol–water partition coefficient (Wildman–Crippen LogP) is 3.99. The largest absolute Gasteiger partial charge is 0.450 e. The quantitative estimate of drug-likeness (QED) is 0.436. The maximum absolute atomic E-state index is 14.2. The fourth-order valence-electron chi connectivity index (χ4n) is 4.91. The zero-order valence-corrected chi connectivity index (χ0v) is 18.4. The first kappa shape index (κ1) is 19.6. The Morgan fingerprint density at radius 3 is 2.76 bits per heavy atom. The Labute approximate surface area is 192 Å². The molecule has 0 N–H and O–H groups in total. The maximum atomic E-state index is 14.2. The molecular weight excluding hydrogens is 438 g/mol. The number of rotatable bonds is 3. The van der Waals surface area contributed by atoms with Gasteiger partial charge in [-0.25, -0.2) is 4.98 Å². The van der Waals surface area contributed by atoms with Crippen LogP contribution in [0.3, 0.4) is 0 Å². The number of hydrogen-bond donors (Lipinski definition) is 0. The number of benzene rings is 2. The lowest BCUT2D eigenvalue weighted by Gasteiger charge is -2.32. The predicted molar refractivity (Wildman–Crippen MR) is 126 cm³/mol. The summed E-state index contributed by atoms with van der Waals surface area (Å²) >= 11 is 1.22. The van der Waals surface area contributed by atoms with Gasteiger partial charge in [0.25, 0.3) is 11.8 Å². The van der Waals surface area contributed by atoms with E-state index in [9.17, 15) is 14.4 Å². The number of amides is 2. The SMILES string of the molecule is C=CCN1C(=O)C2(c3ccccc31)c1c(oc3ccc(C)cc3c1=O)C(=O)N2c1nccs1. The first-order valence-corrected chi connectivity index (χ1v) is 11.2. The van der Waals surface area contributed by atoms with Crippen LogP contribution >= 0.6 is 11.3 Å². The lowest BCUT2D eigenvalue weighted by Crippen LogP contribution is -2.53. The molecule has 1 spiro atoms. The number of anilines is 2. The number of aromatic nitrogens is 1. The molecular formula is C25H17N3O4S. The molecule has 162 valence electrons. The molecule has 2 aromatic carbocycles. The van der Waals surface area contributed by atoms with Crippen LogP contribution in [0, 0.1) is 6.92 Å². The molecule has 4 heterocycles. The normalized spacial score (nSPS) is 18.9. The third-order valence-corrected chi connectivity index (χ3v) is 6.96. The first-order chi connectivity index (χ1) is 16.0. The summed E-state index contributed by atoms with van der Waals surface area (Å²) in [5.41, 5.74) is 0.261. The number of thiazole rings is 1. The molecule has 2 aliphatic rings. The summed E-state index contributed by atoms with van der Waals surface area (Å²) in [7, 11) is 0. The Kier molecular flexibility index (Phi) is 4.00. The lowest BCUT2D eigenvalue weighted by atomic mass is 9.84. The van der Waals surface area contributed by atoms with Gasteiger partial charge in [0.15, 0.2) is 16.1 Å². The molecule has 2 aromatic heterocycles. The summed E-state index contributed by atoms with van der Waals surface area (Å²) in [4.78, 5) is 49.2. The van der Waals surface area contributed by atoms with Gasteiger partial charge >= 0.3 is 0 Å². The summed E-state index contributed by atoms with van der Waals surface area (Å²) in [6.45, 7) is 5.88. The highest BCUT2D eigenvalue weighted by atomic mass is 32.1. The second kappa shape index (κ2) is 6.73.